The molecule has 1 aliphatic carbocycles. The predicted molar refractivity (Wildman–Crippen MR) is 86.2 cm³/mol. The van der Waals surface area contributed by atoms with Gasteiger partial charge in [0.25, 0.3) is 0 Å². The number of halogens is 1. The summed E-state index contributed by atoms with van der Waals surface area (Å²) in [6.07, 6.45) is 4.66. The Labute approximate surface area is 127 Å². The van der Waals surface area contributed by atoms with Crippen LogP contribution in [0.25, 0.3) is 0 Å². The molecule has 21 heavy (non-hydrogen) atoms. The van der Waals surface area contributed by atoms with Gasteiger partial charge in [0, 0.05) is 32.6 Å². The second kappa shape index (κ2) is 6.92. The van der Waals surface area contributed by atoms with E-state index in [9.17, 15) is 4.39 Å². The molecule has 0 amide bonds. The fourth-order valence-corrected chi connectivity index (χ4v) is 2.66. The summed E-state index contributed by atoms with van der Waals surface area (Å²) < 4.78 is 13.0. The first-order valence-electron chi connectivity index (χ1n) is 7.79. The van der Waals surface area contributed by atoms with Gasteiger partial charge in [0.1, 0.15) is 5.82 Å². The molecular formula is C17H26FN3. The minimum Gasteiger partial charge on any atom is -0.355 e. The average molecular weight is 291 g/mol. The van der Waals surface area contributed by atoms with Gasteiger partial charge in [-0.2, -0.15) is 0 Å². The number of benzene rings is 1. The van der Waals surface area contributed by atoms with Crippen LogP contribution in [0.2, 0.25) is 0 Å². The van der Waals surface area contributed by atoms with Crippen molar-refractivity contribution in [2.24, 2.45) is 4.99 Å². The molecule has 0 saturated heterocycles. The highest BCUT2D eigenvalue weighted by Crippen LogP contribution is 2.47. The second-order valence-electron chi connectivity index (χ2n) is 5.96. The summed E-state index contributed by atoms with van der Waals surface area (Å²) in [4.78, 5) is 6.52. The van der Waals surface area contributed by atoms with Crippen molar-refractivity contribution in [2.45, 2.75) is 38.0 Å². The van der Waals surface area contributed by atoms with E-state index in [1.54, 1.807) is 12.1 Å². The Morgan fingerprint density at radius 2 is 2.00 bits per heavy atom. The summed E-state index contributed by atoms with van der Waals surface area (Å²) in [5.74, 6) is 0.773. The number of aliphatic imine (C=N–C) groups is 1. The van der Waals surface area contributed by atoms with Crippen LogP contribution >= 0.6 is 0 Å². The van der Waals surface area contributed by atoms with Gasteiger partial charge in [-0.05, 0) is 37.0 Å². The normalized spacial score (nSPS) is 16.7. The monoisotopic (exact) mass is 291 g/mol. The van der Waals surface area contributed by atoms with Crippen LogP contribution in [-0.2, 0) is 5.41 Å². The SMILES string of the molecule is CCCCN(C)C(=NC)NCC1(c2ccc(F)cc2)CC1. The first kappa shape index (κ1) is 15.8. The lowest BCUT2D eigenvalue weighted by molar-refractivity contribution is 0.459. The van der Waals surface area contributed by atoms with E-state index < -0.39 is 0 Å². The van der Waals surface area contributed by atoms with Gasteiger partial charge in [0.2, 0.25) is 0 Å². The number of hydrogen-bond donors (Lipinski definition) is 1. The first-order chi connectivity index (χ1) is 10.1. The third kappa shape index (κ3) is 3.96. The molecule has 116 valence electrons. The largest absolute Gasteiger partial charge is 0.355 e. The molecule has 4 heteroatoms. The quantitative estimate of drug-likeness (QED) is 0.644. The van der Waals surface area contributed by atoms with Crippen LogP contribution in [0, 0.1) is 5.82 Å². The Kier molecular flexibility index (Phi) is 5.21. The molecule has 0 spiro atoms. The highest BCUT2D eigenvalue weighted by molar-refractivity contribution is 5.79. The van der Waals surface area contributed by atoms with E-state index in [1.807, 2.05) is 19.2 Å². The summed E-state index contributed by atoms with van der Waals surface area (Å²) in [5.41, 5.74) is 1.39. The Morgan fingerprint density at radius 1 is 1.33 bits per heavy atom. The molecule has 2 rings (SSSR count). The molecule has 0 unspecified atom stereocenters. The van der Waals surface area contributed by atoms with Crippen molar-refractivity contribution < 1.29 is 4.39 Å². The van der Waals surface area contributed by atoms with Crippen molar-refractivity contribution in [3.8, 4) is 0 Å². The van der Waals surface area contributed by atoms with Gasteiger partial charge in [-0.1, -0.05) is 25.5 Å². The number of guanidine groups is 1. The van der Waals surface area contributed by atoms with E-state index in [-0.39, 0.29) is 11.2 Å². The van der Waals surface area contributed by atoms with Crippen molar-refractivity contribution in [3.05, 3.63) is 35.6 Å². The third-order valence-corrected chi connectivity index (χ3v) is 4.32. The molecule has 0 aromatic heterocycles. The number of unbranched alkanes of at least 4 members (excludes halogenated alkanes) is 1. The van der Waals surface area contributed by atoms with E-state index in [1.165, 1.54) is 18.4 Å². The molecule has 0 aliphatic heterocycles. The number of rotatable bonds is 6. The molecule has 0 radical (unpaired) electrons. The summed E-state index contributed by atoms with van der Waals surface area (Å²) >= 11 is 0. The Bertz CT molecular complexity index is 477. The molecule has 0 heterocycles. The molecular weight excluding hydrogens is 265 g/mol. The van der Waals surface area contributed by atoms with Gasteiger partial charge in [-0.3, -0.25) is 4.99 Å². The lowest BCUT2D eigenvalue weighted by Crippen LogP contribution is -2.42. The van der Waals surface area contributed by atoms with E-state index >= 15 is 0 Å². The van der Waals surface area contributed by atoms with Crippen molar-refractivity contribution in [1.82, 2.24) is 10.2 Å². The third-order valence-electron chi connectivity index (χ3n) is 4.32. The maximum Gasteiger partial charge on any atom is 0.193 e. The van der Waals surface area contributed by atoms with Crippen molar-refractivity contribution in [1.29, 1.82) is 0 Å². The van der Waals surface area contributed by atoms with Crippen LogP contribution in [0.4, 0.5) is 4.39 Å². The molecule has 0 atom stereocenters. The van der Waals surface area contributed by atoms with Gasteiger partial charge in [0.15, 0.2) is 5.96 Å². The minimum atomic E-state index is -0.169. The van der Waals surface area contributed by atoms with Crippen LogP contribution < -0.4 is 5.32 Å². The van der Waals surface area contributed by atoms with E-state index in [4.69, 9.17) is 0 Å². The molecule has 1 N–H and O–H groups in total. The molecule has 3 nitrogen and oxygen atoms in total. The standard InChI is InChI=1S/C17H26FN3/c1-4-5-12-21(3)16(19-2)20-13-17(10-11-17)14-6-8-15(18)9-7-14/h6-9H,4-5,10-13H2,1-3H3,(H,19,20). The van der Waals surface area contributed by atoms with Gasteiger partial charge in [0.05, 0.1) is 0 Å². The maximum atomic E-state index is 13.0. The molecule has 1 aromatic rings. The molecule has 1 saturated carbocycles. The van der Waals surface area contributed by atoms with Crippen LogP contribution in [0.1, 0.15) is 38.2 Å². The topological polar surface area (TPSA) is 27.6 Å². The fourth-order valence-electron chi connectivity index (χ4n) is 2.66. The lowest BCUT2D eigenvalue weighted by Gasteiger charge is -2.24. The van der Waals surface area contributed by atoms with Gasteiger partial charge >= 0.3 is 0 Å². The van der Waals surface area contributed by atoms with Gasteiger partial charge in [-0.25, -0.2) is 4.39 Å². The number of nitrogens with zero attached hydrogens (tertiary/aromatic N) is 2. The summed E-state index contributed by atoms with van der Waals surface area (Å²) in [6, 6.07) is 6.93. The molecule has 0 bridgehead atoms. The van der Waals surface area contributed by atoms with Crippen LogP contribution in [-0.4, -0.2) is 38.0 Å². The van der Waals surface area contributed by atoms with Crippen molar-refractivity contribution in [3.63, 3.8) is 0 Å². The fraction of sp³-hybridized carbons (Fsp3) is 0.588. The maximum absolute atomic E-state index is 13.0. The van der Waals surface area contributed by atoms with E-state index in [2.05, 4.69) is 29.2 Å². The summed E-state index contributed by atoms with van der Waals surface area (Å²) in [6.45, 7) is 4.07. The number of nitrogens with one attached hydrogen (secondary N) is 1. The van der Waals surface area contributed by atoms with E-state index in [0.717, 1.165) is 31.9 Å². The van der Waals surface area contributed by atoms with Crippen LogP contribution in [0.5, 0.6) is 0 Å². The molecule has 1 aromatic carbocycles. The average Bonchev–Trinajstić information content (AvgIpc) is 3.27. The number of hydrogen-bond acceptors (Lipinski definition) is 1. The Hall–Kier alpha value is -1.58. The van der Waals surface area contributed by atoms with Crippen molar-refractivity contribution in [2.75, 3.05) is 27.2 Å². The zero-order valence-corrected chi connectivity index (χ0v) is 13.3. The smallest absolute Gasteiger partial charge is 0.193 e. The summed E-state index contributed by atoms with van der Waals surface area (Å²) in [7, 11) is 3.89. The highest BCUT2D eigenvalue weighted by Gasteiger charge is 2.44. The van der Waals surface area contributed by atoms with Gasteiger partial charge in [-0.15, -0.1) is 0 Å². The Morgan fingerprint density at radius 3 is 2.52 bits per heavy atom. The summed E-state index contributed by atoms with van der Waals surface area (Å²) in [5, 5.41) is 3.48. The Balaban J connectivity index is 1.93. The van der Waals surface area contributed by atoms with Crippen LogP contribution in [0.15, 0.2) is 29.3 Å². The first-order valence-corrected chi connectivity index (χ1v) is 7.79. The second-order valence-corrected chi connectivity index (χ2v) is 5.96. The highest BCUT2D eigenvalue weighted by atomic mass is 19.1. The van der Waals surface area contributed by atoms with Crippen LogP contribution in [0.3, 0.4) is 0 Å². The molecule has 1 aliphatic rings. The lowest BCUT2D eigenvalue weighted by atomic mass is 9.96. The van der Waals surface area contributed by atoms with E-state index in [0.29, 0.717) is 0 Å². The molecule has 1 fully saturated rings. The zero-order valence-electron chi connectivity index (χ0n) is 13.3. The zero-order chi connectivity index (χ0) is 15.3. The predicted octanol–water partition coefficient (Wildman–Crippen LogP) is 3.16. The van der Waals surface area contributed by atoms with Crippen molar-refractivity contribution >= 4 is 5.96 Å². The van der Waals surface area contributed by atoms with Gasteiger partial charge < -0.3 is 10.2 Å². The minimum absolute atomic E-state index is 0.162.